The molecule has 0 aromatic heterocycles. The Hall–Kier alpha value is -3.04. The van der Waals surface area contributed by atoms with Gasteiger partial charge >= 0.3 is 6.18 Å². The number of anilines is 2. The van der Waals surface area contributed by atoms with E-state index in [0.29, 0.717) is 16.1 Å². The van der Waals surface area contributed by atoms with Gasteiger partial charge in [0.15, 0.2) is 0 Å². The van der Waals surface area contributed by atoms with Gasteiger partial charge in [-0.2, -0.15) is 13.2 Å². The Bertz CT molecular complexity index is 1350. The monoisotopic (exact) mass is 524 g/mol. The number of carbonyl (C=O) groups is 1. The van der Waals surface area contributed by atoms with Gasteiger partial charge in [-0.3, -0.25) is 9.10 Å². The van der Waals surface area contributed by atoms with Crippen molar-refractivity contribution in [1.82, 2.24) is 0 Å². The summed E-state index contributed by atoms with van der Waals surface area (Å²) in [7, 11) is -4.40. The molecule has 0 spiro atoms. The maximum Gasteiger partial charge on any atom is 0.417 e. The maximum atomic E-state index is 13.5. The van der Waals surface area contributed by atoms with Crippen molar-refractivity contribution >= 4 is 38.9 Å². The van der Waals surface area contributed by atoms with Gasteiger partial charge in [-0.05, 0) is 69.2 Å². The lowest BCUT2D eigenvalue weighted by Gasteiger charge is -2.25. The van der Waals surface area contributed by atoms with Crippen LogP contribution < -0.4 is 9.62 Å². The molecular weight excluding hydrogens is 501 g/mol. The summed E-state index contributed by atoms with van der Waals surface area (Å²) in [5.41, 5.74) is 2.30. The predicted octanol–water partition coefficient (Wildman–Crippen LogP) is 6.43. The van der Waals surface area contributed by atoms with E-state index in [9.17, 15) is 26.4 Å². The molecule has 3 aromatic rings. The van der Waals surface area contributed by atoms with Gasteiger partial charge < -0.3 is 5.32 Å². The largest absolute Gasteiger partial charge is 0.417 e. The van der Waals surface area contributed by atoms with Crippen LogP contribution in [0.15, 0.2) is 59.5 Å². The van der Waals surface area contributed by atoms with Crippen molar-refractivity contribution in [3.8, 4) is 0 Å². The summed E-state index contributed by atoms with van der Waals surface area (Å²) < 4.78 is 68.1. The minimum absolute atomic E-state index is 0.165. The van der Waals surface area contributed by atoms with Gasteiger partial charge in [0, 0.05) is 5.69 Å². The maximum absolute atomic E-state index is 13.5. The summed E-state index contributed by atoms with van der Waals surface area (Å²) in [5, 5.41) is 2.12. The first-order valence-corrected chi connectivity index (χ1v) is 12.4. The van der Waals surface area contributed by atoms with Crippen molar-refractivity contribution in [3.05, 3.63) is 87.4 Å². The number of carbonyl (C=O) groups excluding carboxylic acids is 1. The third-order valence-electron chi connectivity index (χ3n) is 5.38. The number of rotatable bonds is 6. The zero-order valence-electron chi connectivity index (χ0n) is 19.5. The standard InChI is InChI=1S/C25H24ClF3N2O3S/c1-15-5-8-20(9-6-15)35(33,34)31(19-7-10-22(26)21(13-19)25(27,28)29)14-23(32)30-24-17(3)11-16(2)12-18(24)4/h5-13H,14H2,1-4H3,(H,30,32). The van der Waals surface area contributed by atoms with Gasteiger partial charge in [0.25, 0.3) is 10.0 Å². The quantitative estimate of drug-likeness (QED) is 0.404. The topological polar surface area (TPSA) is 66.5 Å². The van der Waals surface area contributed by atoms with E-state index in [1.807, 2.05) is 19.1 Å². The summed E-state index contributed by atoms with van der Waals surface area (Å²) in [4.78, 5) is 12.8. The molecule has 0 saturated carbocycles. The highest BCUT2D eigenvalue weighted by Crippen LogP contribution is 2.38. The fourth-order valence-electron chi connectivity index (χ4n) is 3.72. The Morgan fingerprint density at radius 2 is 1.49 bits per heavy atom. The molecule has 3 rings (SSSR count). The number of amides is 1. The third-order valence-corrected chi connectivity index (χ3v) is 7.50. The van der Waals surface area contributed by atoms with Gasteiger partial charge in [-0.25, -0.2) is 8.42 Å². The van der Waals surface area contributed by atoms with E-state index < -0.39 is 39.2 Å². The van der Waals surface area contributed by atoms with Crippen LogP contribution in [0.25, 0.3) is 0 Å². The molecule has 5 nitrogen and oxygen atoms in total. The van der Waals surface area contributed by atoms with Crippen LogP contribution in [0, 0.1) is 27.7 Å². The first kappa shape index (κ1) is 26.6. The number of sulfonamides is 1. The van der Waals surface area contributed by atoms with Crippen molar-refractivity contribution in [2.45, 2.75) is 38.8 Å². The Morgan fingerprint density at radius 1 is 0.914 bits per heavy atom. The first-order chi connectivity index (χ1) is 16.2. The number of hydrogen-bond donors (Lipinski definition) is 1. The summed E-state index contributed by atoms with van der Waals surface area (Å²) >= 11 is 5.73. The molecule has 0 atom stereocenters. The molecule has 0 saturated heterocycles. The molecule has 0 fully saturated rings. The van der Waals surface area contributed by atoms with Crippen LogP contribution in [-0.4, -0.2) is 20.9 Å². The third kappa shape index (κ3) is 5.97. The van der Waals surface area contributed by atoms with E-state index in [2.05, 4.69) is 5.32 Å². The molecule has 1 N–H and O–H groups in total. The summed E-state index contributed by atoms with van der Waals surface area (Å²) in [6.45, 7) is 6.52. The molecule has 1 amide bonds. The zero-order chi connectivity index (χ0) is 26.1. The SMILES string of the molecule is Cc1ccc(S(=O)(=O)N(CC(=O)Nc2c(C)cc(C)cc2C)c2ccc(Cl)c(C(F)(F)F)c2)cc1. The van der Waals surface area contributed by atoms with Crippen molar-refractivity contribution in [2.75, 3.05) is 16.2 Å². The van der Waals surface area contributed by atoms with Crippen LogP contribution in [0.5, 0.6) is 0 Å². The molecule has 0 heterocycles. The molecule has 0 unspecified atom stereocenters. The number of hydrogen-bond acceptors (Lipinski definition) is 3. The van der Waals surface area contributed by atoms with E-state index in [4.69, 9.17) is 11.6 Å². The number of alkyl halides is 3. The van der Waals surface area contributed by atoms with Crippen LogP contribution in [0.3, 0.4) is 0 Å². The number of nitrogens with one attached hydrogen (secondary N) is 1. The average molecular weight is 525 g/mol. The van der Waals surface area contributed by atoms with Gasteiger partial charge in [-0.1, -0.05) is 47.0 Å². The average Bonchev–Trinajstić information content (AvgIpc) is 2.74. The van der Waals surface area contributed by atoms with E-state index in [0.717, 1.165) is 34.4 Å². The van der Waals surface area contributed by atoms with E-state index in [1.165, 1.54) is 12.1 Å². The number of aryl methyl sites for hydroxylation is 4. The van der Waals surface area contributed by atoms with Crippen molar-refractivity contribution in [2.24, 2.45) is 0 Å². The normalized spacial score (nSPS) is 11.9. The van der Waals surface area contributed by atoms with Gasteiger partial charge in [0.05, 0.1) is 21.2 Å². The number of benzene rings is 3. The second-order valence-corrected chi connectivity index (χ2v) is 10.6. The summed E-state index contributed by atoms with van der Waals surface area (Å²) in [5.74, 6) is -0.709. The van der Waals surface area contributed by atoms with Crippen LogP contribution in [0.2, 0.25) is 5.02 Å². The number of halogens is 4. The number of nitrogens with zero attached hydrogens (tertiary/aromatic N) is 1. The molecule has 35 heavy (non-hydrogen) atoms. The van der Waals surface area contributed by atoms with Crippen LogP contribution >= 0.6 is 11.6 Å². The highest BCUT2D eigenvalue weighted by Gasteiger charge is 2.35. The van der Waals surface area contributed by atoms with Crippen molar-refractivity contribution in [3.63, 3.8) is 0 Å². The minimum atomic E-state index is -4.81. The highest BCUT2D eigenvalue weighted by atomic mass is 35.5. The molecule has 3 aromatic carbocycles. The lowest BCUT2D eigenvalue weighted by Crippen LogP contribution is -2.38. The molecule has 0 aliphatic heterocycles. The fraction of sp³-hybridized carbons (Fsp3) is 0.240. The second kappa shape index (κ2) is 9.91. The van der Waals surface area contributed by atoms with Crippen LogP contribution in [-0.2, 0) is 21.0 Å². The molecule has 0 aliphatic rings. The van der Waals surface area contributed by atoms with Gasteiger partial charge in [0.2, 0.25) is 5.91 Å². The predicted molar refractivity (Wildman–Crippen MR) is 131 cm³/mol. The Kier molecular flexibility index (Phi) is 7.52. The molecule has 0 aliphatic carbocycles. The summed E-state index contributed by atoms with van der Waals surface area (Å²) in [6, 6.07) is 12.2. The zero-order valence-corrected chi connectivity index (χ0v) is 21.1. The Labute approximate surface area is 207 Å². The smallest absolute Gasteiger partial charge is 0.324 e. The van der Waals surface area contributed by atoms with E-state index in [1.54, 1.807) is 32.9 Å². The first-order valence-electron chi connectivity index (χ1n) is 10.5. The van der Waals surface area contributed by atoms with E-state index in [-0.39, 0.29) is 10.6 Å². The highest BCUT2D eigenvalue weighted by molar-refractivity contribution is 7.92. The van der Waals surface area contributed by atoms with Crippen LogP contribution in [0.1, 0.15) is 27.8 Å². The lowest BCUT2D eigenvalue weighted by molar-refractivity contribution is -0.137. The second-order valence-electron chi connectivity index (χ2n) is 8.31. The Balaban J connectivity index is 2.07. The molecule has 0 radical (unpaired) electrons. The molecular formula is C25H24ClF3N2O3S. The van der Waals surface area contributed by atoms with Gasteiger partial charge in [-0.15, -0.1) is 0 Å². The van der Waals surface area contributed by atoms with Crippen molar-refractivity contribution < 1.29 is 26.4 Å². The molecule has 0 bridgehead atoms. The summed E-state index contributed by atoms with van der Waals surface area (Å²) in [6.07, 6.45) is -4.81. The lowest BCUT2D eigenvalue weighted by atomic mass is 10.1. The molecule has 186 valence electrons. The minimum Gasteiger partial charge on any atom is -0.324 e. The Morgan fingerprint density at radius 3 is 2.03 bits per heavy atom. The van der Waals surface area contributed by atoms with Crippen LogP contribution in [0.4, 0.5) is 24.5 Å². The van der Waals surface area contributed by atoms with Crippen molar-refractivity contribution in [1.29, 1.82) is 0 Å². The van der Waals surface area contributed by atoms with E-state index >= 15 is 0 Å². The fourth-order valence-corrected chi connectivity index (χ4v) is 5.36. The van der Waals surface area contributed by atoms with Gasteiger partial charge in [0.1, 0.15) is 6.54 Å². The molecule has 10 heteroatoms.